The second-order valence-corrected chi connectivity index (χ2v) is 7.04. The number of carbonyl (C=O) groups is 1. The van der Waals surface area contributed by atoms with Gasteiger partial charge in [0.2, 0.25) is 0 Å². The van der Waals surface area contributed by atoms with Crippen LogP contribution in [0.5, 0.6) is 0 Å². The molecule has 3 rings (SSSR count). The molecule has 0 radical (unpaired) electrons. The van der Waals surface area contributed by atoms with Gasteiger partial charge in [0.25, 0.3) is 5.91 Å². The summed E-state index contributed by atoms with van der Waals surface area (Å²) in [4.78, 5) is 12.4. The standard InChI is InChI=1S/C21H25ClN2O2/c22-20-8-6-16(7-9-20)15-26-12-11-24-21(25)18-4-1-3-17(13-18)19-5-2-10-23-14-19/h1,3-4,6-9,13,19,23H,2,5,10-12,14-15H2,(H,24,25)/t19-/m1/s1. The summed E-state index contributed by atoms with van der Waals surface area (Å²) in [6.07, 6.45) is 2.36. The zero-order valence-electron chi connectivity index (χ0n) is 14.8. The minimum Gasteiger partial charge on any atom is -0.375 e. The number of benzene rings is 2. The van der Waals surface area contributed by atoms with Gasteiger partial charge in [-0.15, -0.1) is 0 Å². The van der Waals surface area contributed by atoms with Crippen molar-refractivity contribution in [1.29, 1.82) is 0 Å². The molecule has 1 amide bonds. The molecule has 1 heterocycles. The average Bonchev–Trinajstić information content (AvgIpc) is 2.70. The maximum atomic E-state index is 12.4. The minimum atomic E-state index is -0.0503. The van der Waals surface area contributed by atoms with Crippen molar-refractivity contribution in [3.63, 3.8) is 0 Å². The number of hydrogen-bond donors (Lipinski definition) is 2. The number of rotatable bonds is 7. The first-order valence-corrected chi connectivity index (χ1v) is 9.51. The van der Waals surface area contributed by atoms with Gasteiger partial charge in [0.05, 0.1) is 13.2 Å². The molecule has 5 heteroatoms. The van der Waals surface area contributed by atoms with Crippen molar-refractivity contribution in [3.05, 3.63) is 70.2 Å². The van der Waals surface area contributed by atoms with Crippen LogP contribution in [0.2, 0.25) is 5.02 Å². The number of carbonyl (C=O) groups excluding carboxylic acids is 1. The summed E-state index contributed by atoms with van der Waals surface area (Å²) in [5, 5.41) is 7.06. The molecule has 138 valence electrons. The van der Waals surface area contributed by atoms with Gasteiger partial charge < -0.3 is 15.4 Å². The predicted octanol–water partition coefficient (Wildman–Crippen LogP) is 3.75. The van der Waals surface area contributed by atoms with Crippen molar-refractivity contribution in [3.8, 4) is 0 Å². The van der Waals surface area contributed by atoms with E-state index in [1.54, 1.807) is 0 Å². The molecule has 1 aliphatic rings. The average molecular weight is 373 g/mol. The Morgan fingerprint density at radius 3 is 2.85 bits per heavy atom. The van der Waals surface area contributed by atoms with Crippen LogP contribution in [-0.2, 0) is 11.3 Å². The Labute approximate surface area is 159 Å². The van der Waals surface area contributed by atoms with Gasteiger partial charge in [-0.05, 0) is 60.7 Å². The van der Waals surface area contributed by atoms with Crippen molar-refractivity contribution in [2.24, 2.45) is 0 Å². The van der Waals surface area contributed by atoms with Gasteiger partial charge in [0.1, 0.15) is 0 Å². The Kier molecular flexibility index (Phi) is 7.06. The van der Waals surface area contributed by atoms with Crippen LogP contribution in [-0.4, -0.2) is 32.1 Å². The highest BCUT2D eigenvalue weighted by Crippen LogP contribution is 2.23. The summed E-state index contributed by atoms with van der Waals surface area (Å²) in [5.74, 6) is 0.449. The molecule has 2 aromatic carbocycles. The van der Waals surface area contributed by atoms with E-state index in [0.29, 0.717) is 36.3 Å². The fourth-order valence-electron chi connectivity index (χ4n) is 3.18. The van der Waals surface area contributed by atoms with Crippen LogP contribution < -0.4 is 10.6 Å². The van der Waals surface area contributed by atoms with Gasteiger partial charge >= 0.3 is 0 Å². The molecule has 0 bridgehead atoms. The van der Waals surface area contributed by atoms with Gasteiger partial charge in [-0.1, -0.05) is 35.9 Å². The molecule has 0 aromatic heterocycles. The number of ether oxygens (including phenoxy) is 1. The molecule has 2 N–H and O–H groups in total. The van der Waals surface area contributed by atoms with Crippen molar-refractivity contribution in [1.82, 2.24) is 10.6 Å². The predicted molar refractivity (Wildman–Crippen MR) is 105 cm³/mol. The van der Waals surface area contributed by atoms with E-state index in [-0.39, 0.29) is 5.91 Å². The molecule has 0 aliphatic carbocycles. The van der Waals surface area contributed by atoms with Crippen LogP contribution in [0.4, 0.5) is 0 Å². The third kappa shape index (κ3) is 5.56. The SMILES string of the molecule is O=C(NCCOCc1ccc(Cl)cc1)c1cccc([C@@H]2CCCNC2)c1. The van der Waals surface area contributed by atoms with Crippen LogP contribution in [0.15, 0.2) is 48.5 Å². The molecule has 0 spiro atoms. The lowest BCUT2D eigenvalue weighted by atomic mass is 9.90. The van der Waals surface area contributed by atoms with Crippen LogP contribution in [0.25, 0.3) is 0 Å². The third-order valence-electron chi connectivity index (χ3n) is 4.63. The zero-order chi connectivity index (χ0) is 18.2. The van der Waals surface area contributed by atoms with Crippen molar-refractivity contribution >= 4 is 17.5 Å². The molecular formula is C21H25ClN2O2. The van der Waals surface area contributed by atoms with E-state index >= 15 is 0 Å². The largest absolute Gasteiger partial charge is 0.375 e. The summed E-state index contributed by atoms with van der Waals surface area (Å²) >= 11 is 5.86. The van der Waals surface area contributed by atoms with Gasteiger partial charge in [-0.25, -0.2) is 0 Å². The van der Waals surface area contributed by atoms with Gasteiger partial charge in [-0.3, -0.25) is 4.79 Å². The summed E-state index contributed by atoms with van der Waals surface area (Å²) < 4.78 is 5.60. The van der Waals surface area contributed by atoms with Crippen LogP contribution in [0.3, 0.4) is 0 Å². The van der Waals surface area contributed by atoms with E-state index in [0.717, 1.165) is 18.7 Å². The van der Waals surface area contributed by atoms with Gasteiger partial charge in [0, 0.05) is 23.7 Å². The maximum absolute atomic E-state index is 12.4. The number of amides is 1. The second-order valence-electron chi connectivity index (χ2n) is 6.60. The third-order valence-corrected chi connectivity index (χ3v) is 4.88. The van der Waals surface area contributed by atoms with E-state index in [4.69, 9.17) is 16.3 Å². The fraction of sp³-hybridized carbons (Fsp3) is 0.381. The van der Waals surface area contributed by atoms with Gasteiger partial charge in [-0.2, -0.15) is 0 Å². The molecular weight excluding hydrogens is 348 g/mol. The summed E-state index contributed by atoms with van der Waals surface area (Å²) in [7, 11) is 0. The molecule has 2 aromatic rings. The number of hydrogen-bond acceptors (Lipinski definition) is 3. The first kappa shape index (κ1) is 18.9. The van der Waals surface area contributed by atoms with Gasteiger partial charge in [0.15, 0.2) is 0 Å². The molecule has 0 saturated carbocycles. The number of piperidine rings is 1. The van der Waals surface area contributed by atoms with E-state index in [1.165, 1.54) is 18.4 Å². The molecule has 0 unspecified atom stereocenters. The lowest BCUT2D eigenvalue weighted by Crippen LogP contribution is -2.29. The van der Waals surface area contributed by atoms with Crippen molar-refractivity contribution in [2.45, 2.75) is 25.4 Å². The molecule has 1 fully saturated rings. The zero-order valence-corrected chi connectivity index (χ0v) is 15.6. The van der Waals surface area contributed by atoms with E-state index < -0.39 is 0 Å². The Bertz CT molecular complexity index is 712. The normalized spacial score (nSPS) is 17.0. The van der Waals surface area contributed by atoms with Crippen LogP contribution >= 0.6 is 11.6 Å². The highest BCUT2D eigenvalue weighted by atomic mass is 35.5. The molecule has 1 atom stereocenters. The molecule has 26 heavy (non-hydrogen) atoms. The summed E-state index contributed by atoms with van der Waals surface area (Å²) in [6, 6.07) is 15.5. The topological polar surface area (TPSA) is 50.4 Å². The van der Waals surface area contributed by atoms with E-state index in [1.807, 2.05) is 42.5 Å². The van der Waals surface area contributed by atoms with Crippen LogP contribution in [0, 0.1) is 0 Å². The minimum absolute atomic E-state index is 0.0503. The van der Waals surface area contributed by atoms with E-state index in [2.05, 4.69) is 16.7 Å². The summed E-state index contributed by atoms with van der Waals surface area (Å²) in [6.45, 7) is 3.55. The van der Waals surface area contributed by atoms with E-state index in [9.17, 15) is 4.79 Å². The van der Waals surface area contributed by atoms with Crippen molar-refractivity contribution in [2.75, 3.05) is 26.2 Å². The fourth-order valence-corrected chi connectivity index (χ4v) is 3.31. The second kappa shape index (κ2) is 9.72. The first-order valence-electron chi connectivity index (χ1n) is 9.13. The first-order chi connectivity index (χ1) is 12.7. The number of nitrogens with one attached hydrogen (secondary N) is 2. The Balaban J connectivity index is 1.42. The quantitative estimate of drug-likeness (QED) is 0.728. The smallest absolute Gasteiger partial charge is 0.251 e. The molecule has 1 saturated heterocycles. The maximum Gasteiger partial charge on any atom is 0.251 e. The molecule has 4 nitrogen and oxygen atoms in total. The highest BCUT2D eigenvalue weighted by Gasteiger charge is 2.16. The Morgan fingerprint density at radius 2 is 2.08 bits per heavy atom. The summed E-state index contributed by atoms with van der Waals surface area (Å²) in [5.41, 5.74) is 3.02. The molecule has 1 aliphatic heterocycles. The lowest BCUT2D eigenvalue weighted by Gasteiger charge is -2.23. The number of halogens is 1. The van der Waals surface area contributed by atoms with Crippen molar-refractivity contribution < 1.29 is 9.53 Å². The Morgan fingerprint density at radius 1 is 1.23 bits per heavy atom. The lowest BCUT2D eigenvalue weighted by molar-refractivity contribution is 0.0900. The van der Waals surface area contributed by atoms with Crippen LogP contribution in [0.1, 0.15) is 40.2 Å². The Hall–Kier alpha value is -1.88. The monoisotopic (exact) mass is 372 g/mol. The highest BCUT2D eigenvalue weighted by molar-refractivity contribution is 6.30.